The number of nitrogens with one attached hydrogen (secondary N) is 1. The van der Waals surface area contributed by atoms with Crippen molar-refractivity contribution in [1.82, 2.24) is 10.3 Å². The predicted octanol–water partition coefficient (Wildman–Crippen LogP) is 6.18. The monoisotopic (exact) mass is 420 g/mol. The van der Waals surface area contributed by atoms with Crippen LogP contribution in [0.5, 0.6) is 0 Å². The number of ether oxygens (including phenoxy) is 1. The first-order valence-corrected chi connectivity index (χ1v) is 10.9. The summed E-state index contributed by atoms with van der Waals surface area (Å²) in [6, 6.07) is 26.9. The zero-order chi connectivity index (χ0) is 21.8. The quantitative estimate of drug-likeness (QED) is 0.379. The number of hydrogen-bond donors (Lipinski definition) is 1. The minimum atomic E-state index is -0.386. The molecular weight excluding hydrogens is 396 g/mol. The van der Waals surface area contributed by atoms with Gasteiger partial charge in [-0.15, -0.1) is 0 Å². The molecule has 4 nitrogen and oxygen atoms in total. The highest BCUT2D eigenvalue weighted by Crippen LogP contribution is 2.44. The van der Waals surface area contributed by atoms with Gasteiger partial charge >= 0.3 is 6.09 Å². The number of carbonyl (C=O) groups is 1. The molecule has 0 radical (unpaired) electrons. The molecule has 0 saturated heterocycles. The summed E-state index contributed by atoms with van der Waals surface area (Å²) in [6.07, 6.45) is 6.16. The number of pyridine rings is 1. The lowest BCUT2D eigenvalue weighted by molar-refractivity contribution is 0.143. The van der Waals surface area contributed by atoms with Crippen LogP contribution in [0.2, 0.25) is 0 Å². The summed E-state index contributed by atoms with van der Waals surface area (Å²) < 4.78 is 5.58. The summed E-state index contributed by atoms with van der Waals surface area (Å²) in [4.78, 5) is 16.7. The van der Waals surface area contributed by atoms with E-state index in [1.807, 2.05) is 60.8 Å². The average Bonchev–Trinajstić information content (AvgIpc) is 3.16. The van der Waals surface area contributed by atoms with E-state index in [-0.39, 0.29) is 12.0 Å². The molecule has 0 saturated carbocycles. The minimum Gasteiger partial charge on any atom is -0.449 e. The van der Waals surface area contributed by atoms with E-state index in [9.17, 15) is 4.79 Å². The molecule has 4 heteroatoms. The number of carbonyl (C=O) groups excluding carboxylic acids is 1. The van der Waals surface area contributed by atoms with Gasteiger partial charge in [0.2, 0.25) is 0 Å². The third-order valence-electron chi connectivity index (χ3n) is 5.90. The molecule has 0 unspecified atom stereocenters. The van der Waals surface area contributed by atoms with Crippen molar-refractivity contribution in [2.75, 3.05) is 13.2 Å². The van der Waals surface area contributed by atoms with Gasteiger partial charge in [-0.25, -0.2) is 4.79 Å². The molecule has 1 aliphatic carbocycles. The Hall–Kier alpha value is -3.92. The third kappa shape index (κ3) is 4.00. The van der Waals surface area contributed by atoms with Crippen molar-refractivity contribution in [1.29, 1.82) is 0 Å². The largest absolute Gasteiger partial charge is 0.449 e. The molecule has 0 spiro atoms. The van der Waals surface area contributed by atoms with E-state index in [0.29, 0.717) is 19.6 Å². The molecule has 1 aromatic heterocycles. The van der Waals surface area contributed by atoms with Crippen molar-refractivity contribution >= 4 is 22.9 Å². The van der Waals surface area contributed by atoms with E-state index in [2.05, 4.69) is 46.7 Å². The number of aromatic nitrogens is 1. The molecule has 1 heterocycles. The summed E-state index contributed by atoms with van der Waals surface area (Å²) in [5, 5.41) is 5.13. The first-order chi connectivity index (χ1) is 15.8. The van der Waals surface area contributed by atoms with Crippen LogP contribution < -0.4 is 5.32 Å². The zero-order valence-corrected chi connectivity index (χ0v) is 17.7. The standard InChI is InChI=1S/C28H24N2O2/c31-28(30-17-8-7-15-27-21-10-2-1-9-20(21)16-18-29-27)32-19-26-24-13-5-3-11-22(24)23-12-4-6-14-25(23)26/h1-7,9-16,18,26H,8,17,19H2,(H,30,31). The number of hydrogen-bond acceptors (Lipinski definition) is 3. The van der Waals surface area contributed by atoms with Gasteiger partial charge in [0, 0.05) is 24.0 Å². The number of rotatable bonds is 6. The molecule has 0 bridgehead atoms. The van der Waals surface area contributed by atoms with Crippen LogP contribution in [-0.2, 0) is 4.74 Å². The van der Waals surface area contributed by atoms with Crippen LogP contribution in [0.15, 0.2) is 91.1 Å². The number of amides is 1. The van der Waals surface area contributed by atoms with Crippen LogP contribution >= 0.6 is 0 Å². The van der Waals surface area contributed by atoms with Gasteiger partial charge in [-0.3, -0.25) is 4.98 Å². The van der Waals surface area contributed by atoms with Gasteiger partial charge < -0.3 is 10.1 Å². The first-order valence-electron chi connectivity index (χ1n) is 10.9. The normalized spacial score (nSPS) is 12.6. The maximum Gasteiger partial charge on any atom is 0.407 e. The van der Waals surface area contributed by atoms with Crippen molar-refractivity contribution in [3.8, 4) is 11.1 Å². The maximum atomic E-state index is 12.3. The van der Waals surface area contributed by atoms with Crippen LogP contribution in [0.1, 0.15) is 29.2 Å². The second kappa shape index (κ2) is 9.06. The summed E-state index contributed by atoms with van der Waals surface area (Å²) >= 11 is 0. The highest BCUT2D eigenvalue weighted by molar-refractivity contribution is 5.88. The van der Waals surface area contributed by atoms with Crippen molar-refractivity contribution in [3.05, 3.63) is 108 Å². The fraction of sp³-hybridized carbons (Fsp3) is 0.143. The van der Waals surface area contributed by atoms with E-state index in [4.69, 9.17) is 4.74 Å². The molecule has 0 atom stereocenters. The molecule has 3 aromatic carbocycles. The fourth-order valence-corrected chi connectivity index (χ4v) is 4.38. The van der Waals surface area contributed by atoms with E-state index in [1.54, 1.807) is 0 Å². The molecule has 4 aromatic rings. The number of alkyl carbamates (subject to hydrolysis) is 1. The third-order valence-corrected chi connectivity index (χ3v) is 5.90. The Morgan fingerprint density at radius 1 is 0.906 bits per heavy atom. The van der Waals surface area contributed by atoms with Gasteiger partial charge in [-0.05, 0) is 46.2 Å². The second-order valence-corrected chi connectivity index (χ2v) is 7.86. The van der Waals surface area contributed by atoms with E-state index in [1.165, 1.54) is 27.6 Å². The van der Waals surface area contributed by atoms with Gasteiger partial charge in [0.25, 0.3) is 0 Å². The van der Waals surface area contributed by atoms with E-state index < -0.39 is 0 Å². The lowest BCUT2D eigenvalue weighted by Crippen LogP contribution is -2.26. The molecule has 5 rings (SSSR count). The number of fused-ring (bicyclic) bond motifs is 4. The topological polar surface area (TPSA) is 51.2 Å². The SMILES string of the molecule is O=C(NCCC=Cc1nccc2ccccc12)OCC1c2ccccc2-c2ccccc21. The van der Waals surface area contributed by atoms with Crippen molar-refractivity contribution < 1.29 is 9.53 Å². The van der Waals surface area contributed by atoms with Crippen LogP contribution in [0.4, 0.5) is 4.79 Å². The number of benzene rings is 3. The molecule has 1 N–H and O–H groups in total. The average molecular weight is 421 g/mol. The molecule has 0 aliphatic heterocycles. The smallest absolute Gasteiger partial charge is 0.407 e. The first kappa shape index (κ1) is 20.0. The highest BCUT2D eigenvalue weighted by atomic mass is 16.5. The Bertz CT molecular complexity index is 1240. The summed E-state index contributed by atoms with van der Waals surface area (Å²) in [5.41, 5.74) is 5.82. The minimum absolute atomic E-state index is 0.0745. The molecule has 1 amide bonds. The van der Waals surface area contributed by atoms with Gasteiger partial charge in [0.15, 0.2) is 0 Å². The van der Waals surface area contributed by atoms with Gasteiger partial charge in [0.1, 0.15) is 6.61 Å². The Balaban J connectivity index is 1.14. The summed E-state index contributed by atoms with van der Waals surface area (Å²) in [7, 11) is 0. The van der Waals surface area contributed by atoms with Crippen molar-refractivity contribution in [2.45, 2.75) is 12.3 Å². The molecule has 32 heavy (non-hydrogen) atoms. The Morgan fingerprint density at radius 2 is 1.59 bits per heavy atom. The van der Waals surface area contributed by atoms with Crippen molar-refractivity contribution in [3.63, 3.8) is 0 Å². The molecular formula is C28H24N2O2. The molecule has 0 fully saturated rings. The van der Waals surface area contributed by atoms with Gasteiger partial charge in [-0.2, -0.15) is 0 Å². The van der Waals surface area contributed by atoms with E-state index in [0.717, 1.165) is 11.1 Å². The predicted molar refractivity (Wildman–Crippen MR) is 128 cm³/mol. The van der Waals surface area contributed by atoms with E-state index >= 15 is 0 Å². The lowest BCUT2D eigenvalue weighted by atomic mass is 9.98. The Labute approximate surface area is 187 Å². The van der Waals surface area contributed by atoms with Crippen molar-refractivity contribution in [2.24, 2.45) is 0 Å². The fourth-order valence-electron chi connectivity index (χ4n) is 4.38. The van der Waals surface area contributed by atoms with Gasteiger partial charge in [0.05, 0.1) is 5.69 Å². The Kier molecular flexibility index (Phi) is 5.67. The van der Waals surface area contributed by atoms with Gasteiger partial charge in [-0.1, -0.05) is 78.9 Å². The van der Waals surface area contributed by atoms with Crippen LogP contribution in [-0.4, -0.2) is 24.2 Å². The molecule has 158 valence electrons. The highest BCUT2D eigenvalue weighted by Gasteiger charge is 2.28. The zero-order valence-electron chi connectivity index (χ0n) is 17.7. The molecule has 1 aliphatic rings. The van der Waals surface area contributed by atoms with Crippen LogP contribution in [0, 0.1) is 0 Å². The maximum absolute atomic E-state index is 12.3. The summed E-state index contributed by atoms with van der Waals surface area (Å²) in [5.74, 6) is 0.0745. The number of nitrogens with zero attached hydrogens (tertiary/aromatic N) is 1. The Morgan fingerprint density at radius 3 is 2.38 bits per heavy atom. The summed E-state index contributed by atoms with van der Waals surface area (Å²) in [6.45, 7) is 0.841. The lowest BCUT2D eigenvalue weighted by Gasteiger charge is -2.14. The van der Waals surface area contributed by atoms with Crippen LogP contribution in [0.25, 0.3) is 28.0 Å². The second-order valence-electron chi connectivity index (χ2n) is 7.86. The van der Waals surface area contributed by atoms with Crippen LogP contribution in [0.3, 0.4) is 0 Å².